The topological polar surface area (TPSA) is 54.1 Å². The van der Waals surface area contributed by atoms with E-state index in [0.717, 1.165) is 10.9 Å². The molecule has 2 aromatic rings. The van der Waals surface area contributed by atoms with Crippen LogP contribution < -0.4 is 5.32 Å². The molecule has 0 aliphatic rings. The van der Waals surface area contributed by atoms with Crippen LogP contribution in [-0.2, 0) is 4.74 Å². The van der Waals surface area contributed by atoms with Gasteiger partial charge < -0.3 is 15.0 Å². The maximum absolute atomic E-state index is 12.2. The van der Waals surface area contributed by atoms with E-state index in [2.05, 4.69) is 10.3 Å². The Balaban J connectivity index is 2.08. The van der Waals surface area contributed by atoms with Crippen molar-refractivity contribution < 1.29 is 9.53 Å². The Morgan fingerprint density at radius 3 is 2.84 bits per heavy atom. The van der Waals surface area contributed by atoms with E-state index in [0.29, 0.717) is 18.7 Å². The average Bonchev–Trinajstić information content (AvgIpc) is 2.80. The molecule has 0 saturated heterocycles. The van der Waals surface area contributed by atoms with E-state index < -0.39 is 0 Å². The van der Waals surface area contributed by atoms with Gasteiger partial charge in [0.1, 0.15) is 0 Å². The molecule has 0 unspecified atom stereocenters. The van der Waals surface area contributed by atoms with E-state index >= 15 is 0 Å². The van der Waals surface area contributed by atoms with Crippen molar-refractivity contribution in [3.63, 3.8) is 0 Å². The lowest BCUT2D eigenvalue weighted by Crippen LogP contribution is -2.40. The Kier molecular flexibility index (Phi) is 3.90. The summed E-state index contributed by atoms with van der Waals surface area (Å²) in [6.45, 7) is 7.00. The molecule has 102 valence electrons. The Morgan fingerprint density at radius 2 is 2.11 bits per heavy atom. The fourth-order valence-electron chi connectivity index (χ4n) is 2.09. The van der Waals surface area contributed by atoms with E-state index in [9.17, 15) is 4.79 Å². The zero-order chi connectivity index (χ0) is 13.9. The summed E-state index contributed by atoms with van der Waals surface area (Å²) in [7, 11) is 0. The maximum Gasteiger partial charge on any atom is 0.253 e. The monoisotopic (exact) mass is 260 g/mol. The van der Waals surface area contributed by atoms with Gasteiger partial charge in [0.15, 0.2) is 0 Å². The molecular weight excluding hydrogens is 240 g/mol. The van der Waals surface area contributed by atoms with Crippen LogP contribution in [0, 0.1) is 0 Å². The van der Waals surface area contributed by atoms with Crippen molar-refractivity contribution in [2.75, 3.05) is 13.2 Å². The molecule has 0 spiro atoms. The maximum atomic E-state index is 12.2. The van der Waals surface area contributed by atoms with Gasteiger partial charge in [0, 0.05) is 30.3 Å². The fraction of sp³-hybridized carbons (Fsp3) is 0.400. The van der Waals surface area contributed by atoms with Crippen LogP contribution in [0.3, 0.4) is 0 Å². The highest BCUT2D eigenvalue weighted by Crippen LogP contribution is 2.17. The molecule has 1 amide bonds. The number of aromatic nitrogens is 1. The summed E-state index contributed by atoms with van der Waals surface area (Å²) >= 11 is 0. The van der Waals surface area contributed by atoms with Crippen LogP contribution >= 0.6 is 0 Å². The van der Waals surface area contributed by atoms with Crippen LogP contribution in [0.4, 0.5) is 0 Å². The predicted molar refractivity (Wildman–Crippen MR) is 76.3 cm³/mol. The summed E-state index contributed by atoms with van der Waals surface area (Å²) in [6, 6.07) is 7.76. The van der Waals surface area contributed by atoms with Gasteiger partial charge in [0.05, 0.1) is 11.2 Å². The van der Waals surface area contributed by atoms with Crippen molar-refractivity contribution in [2.24, 2.45) is 0 Å². The first kappa shape index (κ1) is 13.6. The van der Waals surface area contributed by atoms with E-state index in [1.807, 2.05) is 45.0 Å². The lowest BCUT2D eigenvalue weighted by molar-refractivity contribution is -0.00814. The summed E-state index contributed by atoms with van der Waals surface area (Å²) in [5.74, 6) is -0.0785. The summed E-state index contributed by atoms with van der Waals surface area (Å²) in [5.41, 5.74) is 1.29. The normalized spacial score (nSPS) is 11.7. The first-order valence-electron chi connectivity index (χ1n) is 6.52. The number of nitrogens with one attached hydrogen (secondary N) is 2. The summed E-state index contributed by atoms with van der Waals surface area (Å²) in [4.78, 5) is 15.3. The van der Waals surface area contributed by atoms with Crippen LogP contribution in [0.2, 0.25) is 0 Å². The number of fused-ring (bicyclic) bond motifs is 1. The Morgan fingerprint density at radius 1 is 1.37 bits per heavy atom. The van der Waals surface area contributed by atoms with Gasteiger partial charge in [-0.25, -0.2) is 0 Å². The second kappa shape index (κ2) is 5.45. The lowest BCUT2D eigenvalue weighted by Gasteiger charge is -2.24. The molecule has 2 rings (SSSR count). The van der Waals surface area contributed by atoms with Crippen LogP contribution in [0.25, 0.3) is 10.9 Å². The highest BCUT2D eigenvalue weighted by Gasteiger charge is 2.20. The molecule has 0 atom stereocenters. The minimum Gasteiger partial charge on any atom is -0.374 e. The second-order valence-electron chi connectivity index (χ2n) is 5.12. The van der Waals surface area contributed by atoms with Gasteiger partial charge in [-0.2, -0.15) is 0 Å². The van der Waals surface area contributed by atoms with Crippen molar-refractivity contribution >= 4 is 16.8 Å². The van der Waals surface area contributed by atoms with Gasteiger partial charge in [0.25, 0.3) is 5.91 Å². The number of aromatic amines is 1. The molecule has 19 heavy (non-hydrogen) atoms. The van der Waals surface area contributed by atoms with E-state index in [-0.39, 0.29) is 11.5 Å². The van der Waals surface area contributed by atoms with Crippen LogP contribution in [0.5, 0.6) is 0 Å². The Labute approximate surface area is 113 Å². The van der Waals surface area contributed by atoms with Gasteiger partial charge in [0.2, 0.25) is 0 Å². The van der Waals surface area contributed by atoms with Crippen LogP contribution in [0.15, 0.2) is 30.5 Å². The molecule has 1 aromatic heterocycles. The molecule has 2 N–H and O–H groups in total. The number of hydrogen-bond acceptors (Lipinski definition) is 2. The molecule has 4 heteroatoms. The quantitative estimate of drug-likeness (QED) is 0.868. The third-order valence-electron chi connectivity index (χ3n) is 3.04. The van der Waals surface area contributed by atoms with Crippen molar-refractivity contribution in [3.8, 4) is 0 Å². The van der Waals surface area contributed by atoms with E-state index in [1.54, 1.807) is 6.20 Å². The molecule has 0 saturated carbocycles. The predicted octanol–water partition coefficient (Wildman–Crippen LogP) is 2.71. The zero-order valence-corrected chi connectivity index (χ0v) is 11.6. The number of para-hydroxylation sites is 1. The molecule has 0 radical (unpaired) electrons. The van der Waals surface area contributed by atoms with Crippen LogP contribution in [0.1, 0.15) is 31.1 Å². The lowest BCUT2D eigenvalue weighted by atomic mass is 10.1. The van der Waals surface area contributed by atoms with E-state index in [1.165, 1.54) is 0 Å². The number of rotatable bonds is 5. The summed E-state index contributed by atoms with van der Waals surface area (Å²) < 4.78 is 5.56. The smallest absolute Gasteiger partial charge is 0.253 e. The molecular formula is C15H20N2O2. The number of carbonyl (C=O) groups is 1. The molecule has 0 fully saturated rings. The minimum absolute atomic E-state index is 0.0785. The number of amides is 1. The summed E-state index contributed by atoms with van der Waals surface area (Å²) in [6.07, 6.45) is 1.74. The highest BCUT2D eigenvalue weighted by molar-refractivity contribution is 6.06. The largest absolute Gasteiger partial charge is 0.374 e. The third-order valence-corrected chi connectivity index (χ3v) is 3.04. The highest BCUT2D eigenvalue weighted by atomic mass is 16.5. The molecule has 1 aromatic carbocycles. The Bertz CT molecular complexity index is 572. The van der Waals surface area contributed by atoms with Crippen molar-refractivity contribution in [1.82, 2.24) is 10.3 Å². The van der Waals surface area contributed by atoms with Crippen molar-refractivity contribution in [1.29, 1.82) is 0 Å². The van der Waals surface area contributed by atoms with Gasteiger partial charge in [-0.05, 0) is 26.8 Å². The molecule has 0 bridgehead atoms. The van der Waals surface area contributed by atoms with Crippen molar-refractivity contribution in [2.45, 2.75) is 26.4 Å². The van der Waals surface area contributed by atoms with Gasteiger partial charge in [-0.15, -0.1) is 0 Å². The number of hydrogen-bond donors (Lipinski definition) is 2. The summed E-state index contributed by atoms with van der Waals surface area (Å²) in [5, 5.41) is 3.86. The number of carbonyl (C=O) groups excluding carboxylic acids is 1. The third kappa shape index (κ3) is 3.15. The zero-order valence-electron chi connectivity index (χ0n) is 11.6. The minimum atomic E-state index is -0.351. The van der Waals surface area contributed by atoms with Crippen LogP contribution in [-0.4, -0.2) is 29.6 Å². The van der Waals surface area contributed by atoms with Gasteiger partial charge >= 0.3 is 0 Å². The first-order valence-corrected chi connectivity index (χ1v) is 6.52. The van der Waals surface area contributed by atoms with Gasteiger partial charge in [-0.1, -0.05) is 18.2 Å². The van der Waals surface area contributed by atoms with Crippen molar-refractivity contribution in [3.05, 3.63) is 36.0 Å². The molecule has 0 aliphatic carbocycles. The second-order valence-corrected chi connectivity index (χ2v) is 5.12. The average molecular weight is 260 g/mol. The fourth-order valence-corrected chi connectivity index (χ4v) is 2.09. The van der Waals surface area contributed by atoms with Gasteiger partial charge in [-0.3, -0.25) is 4.79 Å². The Hall–Kier alpha value is -1.81. The number of ether oxygens (including phenoxy) is 1. The molecule has 4 nitrogen and oxygen atoms in total. The first-order chi connectivity index (χ1) is 9.03. The molecule has 1 heterocycles. The standard InChI is InChI=1S/C15H20N2O2/c1-4-19-15(2,3)10-17-14(18)12-9-16-13-8-6-5-7-11(12)13/h5-9,16H,4,10H2,1-3H3,(H,17,18). The SMILES string of the molecule is CCOC(C)(C)CNC(=O)c1c[nH]c2ccccc12. The van der Waals surface area contributed by atoms with E-state index in [4.69, 9.17) is 4.74 Å². The number of H-pyrrole nitrogens is 1. The number of benzene rings is 1. The molecule has 0 aliphatic heterocycles.